The molecular weight excluding hydrogens is 306 g/mol. The minimum absolute atomic E-state index is 0.152. The molecule has 0 saturated heterocycles. The van der Waals surface area contributed by atoms with Crippen molar-refractivity contribution >= 4 is 15.9 Å². The van der Waals surface area contributed by atoms with Gasteiger partial charge in [0.2, 0.25) is 0 Å². The van der Waals surface area contributed by atoms with Crippen LogP contribution in [0.15, 0.2) is 16.6 Å². The van der Waals surface area contributed by atoms with E-state index in [2.05, 4.69) is 61.2 Å². The molecule has 1 N–H and O–H groups in total. The summed E-state index contributed by atoms with van der Waals surface area (Å²) in [6, 6.07) is 4.42. The summed E-state index contributed by atoms with van der Waals surface area (Å²) in [5.41, 5.74) is 5.30. The molecule has 0 aromatic heterocycles. The quantitative estimate of drug-likeness (QED) is 0.838. The van der Waals surface area contributed by atoms with Crippen molar-refractivity contribution in [2.45, 2.75) is 51.7 Å². The van der Waals surface area contributed by atoms with Crippen molar-refractivity contribution in [3.8, 4) is 5.75 Å². The molecule has 0 amide bonds. The van der Waals surface area contributed by atoms with Crippen LogP contribution in [0, 0.1) is 0 Å². The minimum Gasteiger partial charge on any atom is -0.487 e. The number of ether oxygens (including phenoxy) is 1. The maximum absolute atomic E-state index is 6.23. The lowest BCUT2D eigenvalue weighted by Gasteiger charge is -2.39. The summed E-state index contributed by atoms with van der Waals surface area (Å²) in [7, 11) is 1.66. The topological polar surface area (TPSA) is 30.5 Å². The third-order valence-corrected chi connectivity index (χ3v) is 3.90. The van der Waals surface area contributed by atoms with Crippen molar-refractivity contribution in [1.82, 2.24) is 5.48 Å². The third kappa shape index (κ3) is 3.12. The fraction of sp³-hybridized carbons (Fsp3) is 0.600. The zero-order valence-electron chi connectivity index (χ0n) is 12.2. The fourth-order valence-electron chi connectivity index (χ4n) is 2.61. The first-order valence-electron chi connectivity index (χ1n) is 6.65. The van der Waals surface area contributed by atoms with Gasteiger partial charge in [0.15, 0.2) is 0 Å². The average molecular weight is 328 g/mol. The van der Waals surface area contributed by atoms with E-state index in [0.29, 0.717) is 5.92 Å². The summed E-state index contributed by atoms with van der Waals surface area (Å²) in [6.07, 6.45) is 0.877. The molecule has 0 aliphatic carbocycles. The van der Waals surface area contributed by atoms with E-state index in [0.717, 1.165) is 16.6 Å². The number of halogens is 1. The van der Waals surface area contributed by atoms with Gasteiger partial charge < -0.3 is 9.57 Å². The highest BCUT2D eigenvalue weighted by Crippen LogP contribution is 2.45. The van der Waals surface area contributed by atoms with E-state index in [9.17, 15) is 0 Å². The van der Waals surface area contributed by atoms with Gasteiger partial charge in [0.1, 0.15) is 11.4 Å². The highest BCUT2D eigenvalue weighted by molar-refractivity contribution is 9.10. The van der Waals surface area contributed by atoms with Gasteiger partial charge in [0.25, 0.3) is 0 Å². The largest absolute Gasteiger partial charge is 0.487 e. The summed E-state index contributed by atoms with van der Waals surface area (Å²) in [5.74, 6) is 1.42. The molecule has 19 heavy (non-hydrogen) atoms. The van der Waals surface area contributed by atoms with Gasteiger partial charge in [-0.05, 0) is 37.5 Å². The van der Waals surface area contributed by atoms with Crippen molar-refractivity contribution < 1.29 is 9.57 Å². The molecular formula is C15H22BrNO2. The normalized spacial score (nSPS) is 21.1. The lowest BCUT2D eigenvalue weighted by atomic mass is 9.87. The highest BCUT2D eigenvalue weighted by atomic mass is 79.9. The monoisotopic (exact) mass is 327 g/mol. The maximum Gasteiger partial charge on any atom is 0.128 e. The van der Waals surface area contributed by atoms with Gasteiger partial charge in [-0.2, -0.15) is 5.48 Å². The van der Waals surface area contributed by atoms with Gasteiger partial charge in [-0.25, -0.2) is 0 Å². The van der Waals surface area contributed by atoms with Gasteiger partial charge >= 0.3 is 0 Å². The molecule has 1 aromatic carbocycles. The van der Waals surface area contributed by atoms with E-state index in [-0.39, 0.29) is 11.6 Å². The molecule has 1 aliphatic rings. The van der Waals surface area contributed by atoms with E-state index < -0.39 is 0 Å². The van der Waals surface area contributed by atoms with Crippen LogP contribution in [-0.4, -0.2) is 12.7 Å². The van der Waals surface area contributed by atoms with Crippen LogP contribution < -0.4 is 10.2 Å². The summed E-state index contributed by atoms with van der Waals surface area (Å²) in [5, 5.41) is 0. The predicted octanol–water partition coefficient (Wildman–Crippen LogP) is 4.33. The lowest BCUT2D eigenvalue weighted by Crippen LogP contribution is -2.39. The van der Waals surface area contributed by atoms with Crippen molar-refractivity contribution in [2.75, 3.05) is 7.11 Å². The molecule has 3 nitrogen and oxygen atoms in total. The van der Waals surface area contributed by atoms with Crippen LogP contribution in [0.4, 0.5) is 0 Å². The highest BCUT2D eigenvalue weighted by Gasteiger charge is 2.35. The van der Waals surface area contributed by atoms with Crippen molar-refractivity contribution in [3.63, 3.8) is 0 Å². The number of hydrogen-bond donors (Lipinski definition) is 1. The number of fused-ring (bicyclic) bond motifs is 1. The Bertz CT molecular complexity index is 471. The molecule has 0 spiro atoms. The van der Waals surface area contributed by atoms with Crippen molar-refractivity contribution in [2.24, 2.45) is 0 Å². The second kappa shape index (κ2) is 5.43. The molecule has 2 rings (SSSR count). The SMILES string of the molecule is CONC1CC(C)(C)Oc2c(C(C)C)cc(Br)cc21. The number of hydrogen-bond acceptors (Lipinski definition) is 3. The molecule has 1 aliphatic heterocycles. The molecule has 0 saturated carbocycles. The van der Waals surface area contributed by atoms with Crippen molar-refractivity contribution in [1.29, 1.82) is 0 Å². The van der Waals surface area contributed by atoms with E-state index in [4.69, 9.17) is 9.57 Å². The molecule has 0 fully saturated rings. The second-order valence-corrected chi connectivity index (χ2v) is 6.92. The van der Waals surface area contributed by atoms with Gasteiger partial charge in [-0.1, -0.05) is 29.8 Å². The van der Waals surface area contributed by atoms with Gasteiger partial charge in [0.05, 0.1) is 13.2 Å². The standard InChI is InChI=1S/C15H22BrNO2/c1-9(2)11-6-10(16)7-12-13(17-18-5)8-15(3,4)19-14(11)12/h6-7,9,13,17H,8H2,1-5H3. The van der Waals surface area contributed by atoms with Gasteiger partial charge in [0, 0.05) is 16.5 Å². The molecule has 1 atom stereocenters. The molecule has 106 valence electrons. The Hall–Kier alpha value is -0.580. The number of rotatable bonds is 3. The van der Waals surface area contributed by atoms with Crippen LogP contribution in [0.25, 0.3) is 0 Å². The predicted molar refractivity (Wildman–Crippen MR) is 80.4 cm³/mol. The van der Waals surface area contributed by atoms with Crippen LogP contribution in [0.3, 0.4) is 0 Å². The zero-order valence-corrected chi connectivity index (χ0v) is 13.8. The summed E-state index contributed by atoms with van der Waals surface area (Å²) in [6.45, 7) is 8.61. The third-order valence-electron chi connectivity index (χ3n) is 3.44. The summed E-state index contributed by atoms with van der Waals surface area (Å²) in [4.78, 5) is 5.15. The molecule has 4 heteroatoms. The van der Waals surface area contributed by atoms with Crippen LogP contribution >= 0.6 is 15.9 Å². The Labute approximate surface area is 123 Å². The van der Waals surface area contributed by atoms with E-state index in [1.165, 1.54) is 11.1 Å². The average Bonchev–Trinajstić information content (AvgIpc) is 2.28. The van der Waals surface area contributed by atoms with Crippen LogP contribution in [0.5, 0.6) is 5.75 Å². The van der Waals surface area contributed by atoms with E-state index in [1.54, 1.807) is 7.11 Å². The Balaban J connectivity index is 2.55. The Morgan fingerprint density at radius 2 is 2.11 bits per heavy atom. The Morgan fingerprint density at radius 1 is 1.42 bits per heavy atom. The number of benzene rings is 1. The Kier molecular flexibility index (Phi) is 4.23. The second-order valence-electron chi connectivity index (χ2n) is 6.01. The molecule has 1 heterocycles. The molecule has 0 bridgehead atoms. The molecule has 0 radical (unpaired) electrons. The fourth-order valence-corrected chi connectivity index (χ4v) is 3.10. The first kappa shape index (κ1) is 14.8. The lowest BCUT2D eigenvalue weighted by molar-refractivity contribution is 0.00227. The first-order chi connectivity index (χ1) is 8.84. The van der Waals surface area contributed by atoms with Crippen LogP contribution in [0.1, 0.15) is 57.2 Å². The number of hydroxylamine groups is 1. The zero-order chi connectivity index (χ0) is 14.2. The van der Waals surface area contributed by atoms with Gasteiger partial charge in [-0.3, -0.25) is 0 Å². The van der Waals surface area contributed by atoms with Gasteiger partial charge in [-0.15, -0.1) is 0 Å². The van der Waals surface area contributed by atoms with E-state index in [1.807, 2.05) is 0 Å². The minimum atomic E-state index is -0.194. The smallest absolute Gasteiger partial charge is 0.128 e. The van der Waals surface area contributed by atoms with Crippen molar-refractivity contribution in [3.05, 3.63) is 27.7 Å². The molecule has 1 aromatic rings. The van der Waals surface area contributed by atoms with Crippen LogP contribution in [-0.2, 0) is 4.84 Å². The first-order valence-corrected chi connectivity index (χ1v) is 7.44. The Morgan fingerprint density at radius 3 is 2.68 bits per heavy atom. The molecule has 1 unspecified atom stereocenters. The summed E-state index contributed by atoms with van der Waals surface area (Å²) < 4.78 is 7.31. The van der Waals surface area contributed by atoms with E-state index >= 15 is 0 Å². The van der Waals surface area contributed by atoms with Crippen LogP contribution in [0.2, 0.25) is 0 Å². The summed E-state index contributed by atoms with van der Waals surface area (Å²) >= 11 is 3.59. The number of nitrogens with one attached hydrogen (secondary N) is 1. The maximum atomic E-state index is 6.23.